The van der Waals surface area contributed by atoms with E-state index >= 15 is 0 Å². The van der Waals surface area contributed by atoms with Crippen molar-refractivity contribution in [1.29, 1.82) is 0 Å². The third-order valence-electron chi connectivity index (χ3n) is 2.96. The van der Waals surface area contributed by atoms with Gasteiger partial charge in [0.2, 0.25) is 5.88 Å². The quantitative estimate of drug-likeness (QED) is 0.317. The number of aliphatic imine (C=N–C) groups is 1. The Morgan fingerprint density at radius 2 is 2.14 bits per heavy atom. The standard InChI is InChI=1S/C15H26N4O.HI/c1-12(2)7-5-10-18-15(16-3)19-11-13-8-6-9-17-14(13)20-4;/h6,8-9,12H,5,7,10-11H2,1-4H3,(H2,16,18,19);1H. The molecule has 21 heavy (non-hydrogen) atoms. The van der Waals surface area contributed by atoms with Crippen LogP contribution in [-0.4, -0.2) is 31.6 Å². The van der Waals surface area contributed by atoms with Crippen LogP contribution in [0.1, 0.15) is 32.3 Å². The molecule has 5 nitrogen and oxygen atoms in total. The van der Waals surface area contributed by atoms with Gasteiger partial charge in [0.15, 0.2) is 5.96 Å². The number of guanidine groups is 1. The second-order valence-electron chi connectivity index (χ2n) is 5.06. The normalized spacial score (nSPS) is 11.0. The van der Waals surface area contributed by atoms with Crippen LogP contribution >= 0.6 is 24.0 Å². The highest BCUT2D eigenvalue weighted by Crippen LogP contribution is 2.12. The van der Waals surface area contributed by atoms with Crippen molar-refractivity contribution in [2.45, 2.75) is 33.2 Å². The highest BCUT2D eigenvalue weighted by atomic mass is 127. The van der Waals surface area contributed by atoms with Crippen molar-refractivity contribution < 1.29 is 4.74 Å². The van der Waals surface area contributed by atoms with Crippen LogP contribution < -0.4 is 15.4 Å². The summed E-state index contributed by atoms with van der Waals surface area (Å²) in [6.07, 6.45) is 4.09. The zero-order valence-electron chi connectivity index (χ0n) is 13.3. The molecule has 1 aromatic rings. The van der Waals surface area contributed by atoms with Gasteiger partial charge in [-0.2, -0.15) is 0 Å². The average molecular weight is 406 g/mol. The number of hydrogen-bond acceptors (Lipinski definition) is 3. The molecule has 1 aromatic heterocycles. The van der Waals surface area contributed by atoms with Crippen LogP contribution in [0.15, 0.2) is 23.3 Å². The fourth-order valence-corrected chi connectivity index (χ4v) is 1.86. The van der Waals surface area contributed by atoms with Crippen LogP contribution in [-0.2, 0) is 6.54 Å². The molecule has 0 spiro atoms. The molecule has 0 radical (unpaired) electrons. The summed E-state index contributed by atoms with van der Waals surface area (Å²) >= 11 is 0. The number of aromatic nitrogens is 1. The summed E-state index contributed by atoms with van der Waals surface area (Å²) in [5.74, 6) is 2.20. The number of rotatable bonds is 7. The molecule has 0 aliphatic rings. The third kappa shape index (κ3) is 8.08. The monoisotopic (exact) mass is 406 g/mol. The zero-order valence-corrected chi connectivity index (χ0v) is 15.7. The molecule has 0 aliphatic carbocycles. The van der Waals surface area contributed by atoms with Crippen molar-refractivity contribution in [2.75, 3.05) is 20.7 Å². The molecule has 0 atom stereocenters. The fraction of sp³-hybridized carbons (Fsp3) is 0.600. The van der Waals surface area contributed by atoms with Crippen LogP contribution in [0.4, 0.5) is 0 Å². The van der Waals surface area contributed by atoms with Crippen molar-refractivity contribution in [1.82, 2.24) is 15.6 Å². The molecule has 0 aromatic carbocycles. The van der Waals surface area contributed by atoms with Gasteiger partial charge in [-0.05, 0) is 24.8 Å². The molecule has 1 rings (SSSR count). The lowest BCUT2D eigenvalue weighted by Crippen LogP contribution is -2.37. The number of ether oxygens (including phenoxy) is 1. The minimum Gasteiger partial charge on any atom is -0.481 e. The van der Waals surface area contributed by atoms with Crippen molar-refractivity contribution >= 4 is 29.9 Å². The highest BCUT2D eigenvalue weighted by molar-refractivity contribution is 14.0. The smallest absolute Gasteiger partial charge is 0.218 e. The van der Waals surface area contributed by atoms with Gasteiger partial charge in [-0.1, -0.05) is 19.9 Å². The van der Waals surface area contributed by atoms with Gasteiger partial charge in [0.05, 0.1) is 7.11 Å². The lowest BCUT2D eigenvalue weighted by molar-refractivity contribution is 0.392. The average Bonchev–Trinajstić information content (AvgIpc) is 2.46. The number of hydrogen-bond donors (Lipinski definition) is 2. The van der Waals surface area contributed by atoms with Crippen molar-refractivity contribution in [2.24, 2.45) is 10.9 Å². The third-order valence-corrected chi connectivity index (χ3v) is 2.96. The van der Waals surface area contributed by atoms with Crippen molar-refractivity contribution in [3.8, 4) is 5.88 Å². The molecule has 0 bridgehead atoms. The van der Waals surface area contributed by atoms with Crippen LogP contribution in [0.3, 0.4) is 0 Å². The van der Waals surface area contributed by atoms with E-state index in [1.807, 2.05) is 12.1 Å². The topological polar surface area (TPSA) is 58.5 Å². The van der Waals surface area contributed by atoms with Gasteiger partial charge >= 0.3 is 0 Å². The van der Waals surface area contributed by atoms with Gasteiger partial charge in [-0.15, -0.1) is 24.0 Å². The van der Waals surface area contributed by atoms with E-state index < -0.39 is 0 Å². The van der Waals surface area contributed by atoms with Crippen molar-refractivity contribution in [3.63, 3.8) is 0 Å². The Morgan fingerprint density at radius 3 is 2.76 bits per heavy atom. The summed E-state index contributed by atoms with van der Waals surface area (Å²) < 4.78 is 5.22. The summed E-state index contributed by atoms with van der Waals surface area (Å²) in [6.45, 7) is 6.05. The van der Waals surface area contributed by atoms with Crippen LogP contribution in [0.25, 0.3) is 0 Å². The molecule has 0 saturated heterocycles. The molecular weight excluding hydrogens is 379 g/mol. The largest absolute Gasteiger partial charge is 0.481 e. The Kier molecular flexibility index (Phi) is 11.0. The minimum atomic E-state index is 0. The highest BCUT2D eigenvalue weighted by Gasteiger charge is 2.04. The lowest BCUT2D eigenvalue weighted by Gasteiger charge is -2.13. The predicted molar refractivity (Wildman–Crippen MR) is 98.5 cm³/mol. The first-order chi connectivity index (χ1) is 9.67. The lowest BCUT2D eigenvalue weighted by atomic mass is 10.1. The Hall–Kier alpha value is -1.05. The van der Waals surface area contributed by atoms with Gasteiger partial charge in [-0.3, -0.25) is 4.99 Å². The molecule has 0 aliphatic heterocycles. The first-order valence-electron chi connectivity index (χ1n) is 7.09. The molecular formula is C15H27IN4O. The van der Waals surface area contributed by atoms with E-state index in [1.54, 1.807) is 20.4 Å². The SMILES string of the molecule is CN=C(NCCCC(C)C)NCc1cccnc1OC.I. The van der Waals surface area contributed by atoms with Crippen LogP contribution in [0.2, 0.25) is 0 Å². The minimum absolute atomic E-state index is 0. The maximum Gasteiger partial charge on any atom is 0.218 e. The van der Waals surface area contributed by atoms with Gasteiger partial charge in [-0.25, -0.2) is 4.98 Å². The Labute approximate surface area is 145 Å². The first-order valence-corrected chi connectivity index (χ1v) is 7.09. The maximum atomic E-state index is 5.22. The van der Waals surface area contributed by atoms with E-state index in [-0.39, 0.29) is 24.0 Å². The maximum absolute atomic E-state index is 5.22. The van der Waals surface area contributed by atoms with Gasteiger partial charge in [0.25, 0.3) is 0 Å². The van der Waals surface area contributed by atoms with E-state index in [0.29, 0.717) is 12.4 Å². The summed E-state index contributed by atoms with van der Waals surface area (Å²) in [7, 11) is 3.41. The molecule has 6 heteroatoms. The molecule has 0 amide bonds. The van der Waals surface area contributed by atoms with Gasteiger partial charge < -0.3 is 15.4 Å². The fourth-order valence-electron chi connectivity index (χ4n) is 1.86. The molecule has 0 saturated carbocycles. The van der Waals surface area contributed by atoms with E-state index in [2.05, 4.69) is 34.5 Å². The molecule has 1 heterocycles. The van der Waals surface area contributed by atoms with E-state index in [0.717, 1.165) is 30.4 Å². The Bertz CT molecular complexity index is 424. The molecule has 120 valence electrons. The molecule has 0 fully saturated rings. The second kappa shape index (κ2) is 11.6. The van der Waals surface area contributed by atoms with Crippen molar-refractivity contribution in [3.05, 3.63) is 23.9 Å². The predicted octanol–water partition coefficient (Wildman–Crippen LogP) is 2.81. The van der Waals surface area contributed by atoms with E-state index in [4.69, 9.17) is 4.74 Å². The number of pyridine rings is 1. The van der Waals surface area contributed by atoms with E-state index in [9.17, 15) is 0 Å². The Balaban J connectivity index is 0.00000400. The number of nitrogens with zero attached hydrogens (tertiary/aromatic N) is 2. The number of halogens is 1. The van der Waals surface area contributed by atoms with Gasteiger partial charge in [0.1, 0.15) is 0 Å². The van der Waals surface area contributed by atoms with Crippen LogP contribution in [0.5, 0.6) is 5.88 Å². The molecule has 2 N–H and O–H groups in total. The zero-order chi connectivity index (χ0) is 14.8. The number of nitrogens with one attached hydrogen (secondary N) is 2. The first kappa shape index (κ1) is 19.9. The Morgan fingerprint density at radius 1 is 1.38 bits per heavy atom. The second-order valence-corrected chi connectivity index (χ2v) is 5.06. The summed E-state index contributed by atoms with van der Waals surface area (Å²) in [5.41, 5.74) is 1.01. The van der Waals surface area contributed by atoms with Gasteiger partial charge in [0, 0.05) is 31.9 Å². The summed E-state index contributed by atoms with van der Waals surface area (Å²) in [5, 5.41) is 6.58. The summed E-state index contributed by atoms with van der Waals surface area (Å²) in [6, 6.07) is 3.89. The van der Waals surface area contributed by atoms with Crippen LogP contribution in [0, 0.1) is 5.92 Å². The van der Waals surface area contributed by atoms with E-state index in [1.165, 1.54) is 6.42 Å². The molecule has 0 unspecified atom stereocenters. The number of methoxy groups -OCH3 is 1. The summed E-state index contributed by atoms with van der Waals surface area (Å²) in [4.78, 5) is 8.38.